The zero-order valence-corrected chi connectivity index (χ0v) is 45.5. The second-order valence-electron chi connectivity index (χ2n) is 19.8. The van der Waals surface area contributed by atoms with E-state index in [-0.39, 0.29) is 61.9 Å². The van der Waals surface area contributed by atoms with E-state index in [0.29, 0.717) is 69.3 Å². The normalized spacial score (nSPS) is 18.3. The molecule has 4 aliphatic heterocycles. The molecule has 0 radical (unpaired) electrons. The van der Waals surface area contributed by atoms with Crippen molar-refractivity contribution in [1.29, 1.82) is 0 Å². The molecular weight excluding hydrogens is 1090 g/mol. The summed E-state index contributed by atoms with van der Waals surface area (Å²) in [5.74, 6) is -3.90. The Hall–Kier alpha value is -6.34. The Morgan fingerprint density at radius 2 is 0.910 bits per heavy atom. The number of ether oxygens (including phenoxy) is 4. The maximum Gasteiger partial charge on any atom is 0.266 e. The van der Waals surface area contributed by atoms with Crippen molar-refractivity contribution in [2.75, 3.05) is 88.7 Å². The van der Waals surface area contributed by atoms with Gasteiger partial charge in [-0.1, -0.05) is 119 Å². The van der Waals surface area contributed by atoms with E-state index in [1.54, 1.807) is 24.3 Å². The molecule has 0 aliphatic carbocycles. The second kappa shape index (κ2) is 23.2. The maximum atomic E-state index is 16.7. The molecule has 4 aliphatic rings. The molecule has 6 aromatic carbocycles. The molecule has 406 valence electrons. The second-order valence-corrected chi connectivity index (χ2v) is 21.4. The summed E-state index contributed by atoms with van der Waals surface area (Å²) in [6.07, 6.45) is 0. The highest BCUT2D eigenvalue weighted by Crippen LogP contribution is 2.50. The minimum Gasteiger partial charge on any atom is -0.482 e. The number of benzene rings is 6. The highest BCUT2D eigenvalue weighted by molar-refractivity contribution is 6.43. The molecule has 6 aromatic rings. The van der Waals surface area contributed by atoms with Gasteiger partial charge in [0.25, 0.3) is 11.8 Å². The van der Waals surface area contributed by atoms with Crippen LogP contribution in [0.15, 0.2) is 121 Å². The van der Waals surface area contributed by atoms with Crippen LogP contribution in [0.1, 0.15) is 37.1 Å². The fraction of sp³-hybridized carbons (Fsp3) is 0.310. The smallest absolute Gasteiger partial charge is 0.266 e. The molecule has 4 unspecified atom stereocenters. The van der Waals surface area contributed by atoms with Gasteiger partial charge in [0.05, 0.1) is 70.0 Å². The minimum atomic E-state index is -2.49. The third-order valence-corrected chi connectivity index (χ3v) is 16.5. The Morgan fingerprint density at radius 3 is 1.32 bits per heavy atom. The quantitative estimate of drug-likeness (QED) is 0.102. The first-order valence-corrected chi connectivity index (χ1v) is 26.9. The van der Waals surface area contributed by atoms with E-state index in [1.165, 1.54) is 62.4 Å². The van der Waals surface area contributed by atoms with Crippen molar-refractivity contribution in [1.82, 2.24) is 20.4 Å². The molecule has 2 saturated heterocycles. The number of anilines is 2. The average molecular weight is 1140 g/mol. The Morgan fingerprint density at radius 1 is 0.526 bits per heavy atom. The summed E-state index contributed by atoms with van der Waals surface area (Å²) < 4.78 is 51.9. The number of hydrogen-bond donors (Lipinski definition) is 2. The van der Waals surface area contributed by atoms with Crippen LogP contribution in [0.25, 0.3) is 22.3 Å². The zero-order chi connectivity index (χ0) is 54.9. The van der Waals surface area contributed by atoms with Crippen molar-refractivity contribution in [3.8, 4) is 33.8 Å². The molecule has 78 heavy (non-hydrogen) atoms. The van der Waals surface area contributed by atoms with Crippen molar-refractivity contribution < 1.29 is 46.9 Å². The van der Waals surface area contributed by atoms with Crippen LogP contribution in [0.2, 0.25) is 20.1 Å². The predicted octanol–water partition coefficient (Wildman–Crippen LogP) is 9.96. The first-order chi connectivity index (χ1) is 37.5. The van der Waals surface area contributed by atoms with E-state index < -0.39 is 65.8 Å². The summed E-state index contributed by atoms with van der Waals surface area (Å²) in [6, 6.07) is 31.0. The van der Waals surface area contributed by atoms with Gasteiger partial charge in [-0.3, -0.25) is 38.8 Å². The molecule has 0 aromatic heterocycles. The summed E-state index contributed by atoms with van der Waals surface area (Å²) in [4.78, 5) is 70.3. The summed E-state index contributed by atoms with van der Waals surface area (Å²) in [6.45, 7) is 5.99. The van der Waals surface area contributed by atoms with E-state index in [0.717, 1.165) is 26.5 Å². The third kappa shape index (κ3) is 11.0. The van der Waals surface area contributed by atoms with Crippen LogP contribution >= 0.6 is 46.4 Å². The van der Waals surface area contributed by atoms with Crippen LogP contribution in [-0.2, 0) is 28.7 Å². The largest absolute Gasteiger partial charge is 0.482 e. The van der Waals surface area contributed by atoms with Crippen molar-refractivity contribution in [2.45, 2.75) is 37.0 Å². The topological polar surface area (TPSA) is 142 Å². The van der Waals surface area contributed by atoms with E-state index in [1.807, 2.05) is 48.5 Å². The van der Waals surface area contributed by atoms with Gasteiger partial charge < -0.3 is 29.6 Å². The number of morpholine rings is 2. The Labute approximate surface area is 470 Å². The number of hydrogen-bond acceptors (Lipinski definition) is 10. The fourth-order valence-corrected chi connectivity index (χ4v) is 11.3. The lowest BCUT2D eigenvalue weighted by atomic mass is 9.72. The van der Waals surface area contributed by atoms with Crippen LogP contribution in [0, 0.1) is 11.6 Å². The highest BCUT2D eigenvalue weighted by atomic mass is 35.5. The number of nitrogens with one attached hydrogen (secondary N) is 2. The molecule has 2 fully saturated rings. The first-order valence-electron chi connectivity index (χ1n) is 25.4. The lowest BCUT2D eigenvalue weighted by molar-refractivity contribution is -0.143. The van der Waals surface area contributed by atoms with Gasteiger partial charge in [-0.05, 0) is 83.6 Å². The van der Waals surface area contributed by atoms with Gasteiger partial charge in [0.15, 0.2) is 24.3 Å². The number of nitrogens with zero attached hydrogens (tertiary/aromatic N) is 4. The van der Waals surface area contributed by atoms with Gasteiger partial charge in [0.2, 0.25) is 11.8 Å². The summed E-state index contributed by atoms with van der Waals surface area (Å²) in [5, 5.41) is 6.74. The Kier molecular flexibility index (Phi) is 16.3. The first kappa shape index (κ1) is 55.0. The van der Waals surface area contributed by atoms with Gasteiger partial charge in [-0.25, -0.2) is 8.78 Å². The van der Waals surface area contributed by atoms with Crippen LogP contribution < -0.4 is 29.9 Å². The van der Waals surface area contributed by atoms with Crippen molar-refractivity contribution in [3.05, 3.63) is 164 Å². The van der Waals surface area contributed by atoms with E-state index >= 15 is 19.2 Å². The van der Waals surface area contributed by atoms with Crippen LogP contribution in [0.3, 0.4) is 0 Å². The predicted molar refractivity (Wildman–Crippen MR) is 296 cm³/mol. The van der Waals surface area contributed by atoms with Crippen LogP contribution in [0.5, 0.6) is 11.5 Å². The molecule has 14 nitrogen and oxygen atoms in total. The number of fused-ring (bicyclic) bond motifs is 2. The highest BCUT2D eigenvalue weighted by Gasteiger charge is 2.66. The van der Waals surface area contributed by atoms with Crippen LogP contribution in [-0.4, -0.2) is 123 Å². The van der Waals surface area contributed by atoms with Crippen molar-refractivity contribution in [3.63, 3.8) is 0 Å². The van der Waals surface area contributed by atoms with E-state index in [9.17, 15) is 8.78 Å². The number of carbonyl (C=O) groups excluding carboxylic acids is 4. The zero-order valence-electron chi connectivity index (χ0n) is 42.5. The number of amides is 4. The molecule has 4 amide bonds. The van der Waals surface area contributed by atoms with Crippen molar-refractivity contribution >= 4 is 81.4 Å². The molecular formula is C58H54Cl4F2N6O8. The third-order valence-electron chi connectivity index (χ3n) is 15.1. The summed E-state index contributed by atoms with van der Waals surface area (Å²) >= 11 is 26.8. The standard InChI is InChI=1S/C58H54Cl4F2N6O8/c1-57(69-49-27-43(59)45(61)29-51(49)77-33-53(69)71,55(73)65-47(31-67-18-22-75-23-19-67)38-10-6-35(7-11-38)36-14-16-41(63)17-15-36)58(2,70-50-28-44(60)46(62)30-52(50)78-34-54(70)72)56(74)66-48(32-68-20-24-76-25-21-68)39-12-8-37(9-13-39)40-4-3-5-42(64)26-40/h3-17,26-30,47-48H,18-25,31-34H2,1-2H3,(H,65,73)(H,66,74). The van der Waals surface area contributed by atoms with Crippen LogP contribution in [0.4, 0.5) is 20.2 Å². The molecule has 0 bridgehead atoms. The molecule has 4 heterocycles. The molecule has 20 heteroatoms. The van der Waals surface area contributed by atoms with Gasteiger partial charge in [-0.15, -0.1) is 0 Å². The maximum absolute atomic E-state index is 16.7. The van der Waals surface area contributed by atoms with E-state index in [4.69, 9.17) is 65.4 Å². The van der Waals surface area contributed by atoms with Gasteiger partial charge in [0, 0.05) is 51.4 Å². The number of carbonyl (C=O) groups is 4. The summed E-state index contributed by atoms with van der Waals surface area (Å²) in [7, 11) is 0. The Bertz CT molecular complexity index is 3240. The molecule has 10 rings (SSSR count). The fourth-order valence-electron chi connectivity index (χ4n) is 10.6. The summed E-state index contributed by atoms with van der Waals surface area (Å²) in [5.41, 5.74) is -0.806. The van der Waals surface area contributed by atoms with Gasteiger partial charge >= 0.3 is 0 Å². The lowest BCUT2D eigenvalue weighted by Gasteiger charge is -2.56. The minimum absolute atomic E-state index is 0.0000815. The molecule has 0 saturated carbocycles. The van der Waals surface area contributed by atoms with E-state index in [2.05, 4.69) is 20.4 Å². The number of rotatable bonds is 15. The average Bonchev–Trinajstić information content (AvgIpc) is 3.23. The lowest BCUT2D eigenvalue weighted by Crippen LogP contribution is -2.81. The molecule has 4 atom stereocenters. The monoisotopic (exact) mass is 1140 g/mol. The SMILES string of the molecule is CC(C(=O)NC(CN1CCOCC1)c1ccc(-c2ccc(F)cc2)cc1)(N1C(=O)COc2cc(Cl)c(Cl)cc21)C(C)(C(=O)NC(CN1CCOCC1)c1ccc(-c2cccc(F)c2)cc1)N1C(=O)COc2cc(Cl)c(Cl)cc21. The molecule has 2 N–H and O–H groups in total. The Balaban J connectivity index is 1.16. The molecule has 0 spiro atoms. The van der Waals surface area contributed by atoms with Gasteiger partial charge in [-0.2, -0.15) is 0 Å². The van der Waals surface area contributed by atoms with Crippen molar-refractivity contribution in [2.24, 2.45) is 0 Å². The van der Waals surface area contributed by atoms with Gasteiger partial charge in [0.1, 0.15) is 23.1 Å². The number of halogens is 6.